The van der Waals surface area contributed by atoms with Gasteiger partial charge in [0.15, 0.2) is 0 Å². The van der Waals surface area contributed by atoms with Crippen LogP contribution in [0.2, 0.25) is 5.02 Å². The fourth-order valence-corrected chi connectivity index (χ4v) is 5.25. The lowest BCUT2D eigenvalue weighted by Gasteiger charge is -2.30. The van der Waals surface area contributed by atoms with E-state index in [1.807, 2.05) is 0 Å². The zero-order valence-electron chi connectivity index (χ0n) is 14.7. The van der Waals surface area contributed by atoms with Crippen molar-refractivity contribution in [2.75, 3.05) is 26.2 Å². The molecule has 0 aliphatic carbocycles. The highest BCUT2D eigenvalue weighted by Gasteiger charge is 2.31. The Hall–Kier alpha value is -1.15. The molecule has 1 atom stereocenters. The summed E-state index contributed by atoms with van der Waals surface area (Å²) in [5.41, 5.74) is 0.675. The highest BCUT2D eigenvalue weighted by Crippen LogP contribution is 2.23. The van der Waals surface area contributed by atoms with E-state index in [1.54, 1.807) is 24.3 Å². The summed E-state index contributed by atoms with van der Waals surface area (Å²) >= 11 is 5.93. The zero-order valence-corrected chi connectivity index (χ0v) is 16.3. The molecule has 1 amide bonds. The van der Waals surface area contributed by atoms with E-state index in [1.165, 1.54) is 4.31 Å². The minimum atomic E-state index is -3.40. The Morgan fingerprint density at radius 3 is 2.69 bits per heavy atom. The van der Waals surface area contributed by atoms with Gasteiger partial charge < -0.3 is 10.1 Å². The lowest BCUT2D eigenvalue weighted by atomic mass is 9.97. The summed E-state index contributed by atoms with van der Waals surface area (Å²) in [6.07, 6.45) is 3.25. The molecule has 2 heterocycles. The Morgan fingerprint density at radius 2 is 2.04 bits per heavy atom. The average Bonchev–Trinajstić information content (AvgIpc) is 3.13. The van der Waals surface area contributed by atoms with Crippen molar-refractivity contribution in [3.63, 3.8) is 0 Å². The van der Waals surface area contributed by atoms with Crippen LogP contribution in [0, 0.1) is 5.92 Å². The van der Waals surface area contributed by atoms with Gasteiger partial charge in [0.2, 0.25) is 15.9 Å². The van der Waals surface area contributed by atoms with Crippen molar-refractivity contribution in [2.45, 2.75) is 37.5 Å². The maximum atomic E-state index is 12.6. The summed E-state index contributed by atoms with van der Waals surface area (Å²) in [6, 6.07) is 6.90. The second kappa shape index (κ2) is 8.69. The van der Waals surface area contributed by atoms with Crippen LogP contribution in [0.1, 0.15) is 31.2 Å². The van der Waals surface area contributed by atoms with Crippen molar-refractivity contribution < 1.29 is 17.9 Å². The van der Waals surface area contributed by atoms with E-state index in [-0.39, 0.29) is 23.7 Å². The van der Waals surface area contributed by atoms with Gasteiger partial charge in [-0.2, -0.15) is 0 Å². The predicted octanol–water partition coefficient (Wildman–Crippen LogP) is 2.18. The first kappa shape index (κ1) is 19.6. The van der Waals surface area contributed by atoms with Crippen molar-refractivity contribution in [1.29, 1.82) is 0 Å². The van der Waals surface area contributed by atoms with Gasteiger partial charge in [-0.05, 0) is 43.4 Å². The average molecular weight is 401 g/mol. The fourth-order valence-electron chi connectivity index (χ4n) is 3.49. The third kappa shape index (κ3) is 5.19. The van der Waals surface area contributed by atoms with Gasteiger partial charge in [-0.15, -0.1) is 0 Å². The third-order valence-corrected chi connectivity index (χ3v) is 7.07. The maximum absolute atomic E-state index is 12.6. The summed E-state index contributed by atoms with van der Waals surface area (Å²) in [5, 5.41) is 3.47. The van der Waals surface area contributed by atoms with Crippen LogP contribution in [0.25, 0.3) is 0 Å². The molecule has 2 saturated heterocycles. The van der Waals surface area contributed by atoms with Crippen molar-refractivity contribution in [3.05, 3.63) is 34.9 Å². The molecule has 26 heavy (non-hydrogen) atoms. The second-order valence-corrected chi connectivity index (χ2v) is 9.34. The van der Waals surface area contributed by atoms with Gasteiger partial charge >= 0.3 is 0 Å². The molecule has 0 radical (unpaired) electrons. The molecular weight excluding hydrogens is 376 g/mol. The number of piperidine rings is 1. The minimum absolute atomic E-state index is 0.00684. The van der Waals surface area contributed by atoms with Crippen LogP contribution in [-0.4, -0.2) is 51.0 Å². The van der Waals surface area contributed by atoms with Crippen LogP contribution in [0.15, 0.2) is 24.3 Å². The summed E-state index contributed by atoms with van der Waals surface area (Å²) in [4.78, 5) is 12.3. The van der Waals surface area contributed by atoms with Crippen LogP contribution in [-0.2, 0) is 25.3 Å². The van der Waals surface area contributed by atoms with Gasteiger partial charge in [-0.3, -0.25) is 4.79 Å². The molecule has 2 aliphatic rings. The summed E-state index contributed by atoms with van der Waals surface area (Å²) in [6.45, 7) is 2.07. The molecule has 0 bridgehead atoms. The van der Waals surface area contributed by atoms with E-state index in [0.29, 0.717) is 43.1 Å². The Labute approximate surface area is 159 Å². The lowest BCUT2D eigenvalue weighted by molar-refractivity contribution is -0.126. The molecule has 1 aromatic carbocycles. The fraction of sp³-hybridized carbons (Fsp3) is 0.611. The van der Waals surface area contributed by atoms with E-state index >= 15 is 0 Å². The zero-order chi connectivity index (χ0) is 18.6. The van der Waals surface area contributed by atoms with Crippen molar-refractivity contribution in [2.24, 2.45) is 5.92 Å². The summed E-state index contributed by atoms with van der Waals surface area (Å²) in [7, 11) is -3.40. The van der Waals surface area contributed by atoms with Crippen LogP contribution in [0.5, 0.6) is 0 Å². The number of nitrogens with zero attached hydrogens (tertiary/aromatic N) is 1. The maximum Gasteiger partial charge on any atom is 0.223 e. The monoisotopic (exact) mass is 400 g/mol. The number of sulfonamides is 1. The van der Waals surface area contributed by atoms with Crippen molar-refractivity contribution in [1.82, 2.24) is 9.62 Å². The van der Waals surface area contributed by atoms with Crippen LogP contribution < -0.4 is 5.32 Å². The number of nitrogens with one attached hydrogen (secondary N) is 1. The molecule has 3 rings (SSSR count). The smallest absolute Gasteiger partial charge is 0.223 e. The molecule has 144 valence electrons. The number of halogens is 1. The molecule has 2 fully saturated rings. The lowest BCUT2D eigenvalue weighted by Crippen LogP contribution is -2.44. The SMILES string of the molecule is O=C(NCC1CCCO1)C1CCN(S(=O)(=O)Cc2cccc(Cl)c2)CC1. The van der Waals surface area contributed by atoms with Crippen LogP contribution in [0.3, 0.4) is 0 Å². The highest BCUT2D eigenvalue weighted by molar-refractivity contribution is 7.88. The van der Waals surface area contributed by atoms with Gasteiger partial charge in [-0.25, -0.2) is 12.7 Å². The minimum Gasteiger partial charge on any atom is -0.376 e. The summed E-state index contributed by atoms with van der Waals surface area (Å²) in [5.74, 6) is -0.190. The normalized spacial score (nSPS) is 22.4. The Bertz CT molecular complexity index is 726. The number of carbonyl (C=O) groups excluding carboxylic acids is 1. The number of ether oxygens (including phenoxy) is 1. The van der Waals surface area contributed by atoms with E-state index in [9.17, 15) is 13.2 Å². The first-order valence-electron chi connectivity index (χ1n) is 9.05. The van der Waals surface area contributed by atoms with E-state index in [4.69, 9.17) is 16.3 Å². The van der Waals surface area contributed by atoms with E-state index < -0.39 is 10.0 Å². The Kier molecular flexibility index (Phi) is 6.55. The molecule has 1 unspecified atom stereocenters. The van der Waals surface area contributed by atoms with Gasteiger partial charge in [0.25, 0.3) is 0 Å². The molecular formula is C18H25ClN2O4S. The molecule has 8 heteroatoms. The molecule has 2 aliphatic heterocycles. The van der Waals surface area contributed by atoms with Gasteiger partial charge in [0.1, 0.15) is 0 Å². The Balaban J connectivity index is 1.48. The summed E-state index contributed by atoms with van der Waals surface area (Å²) < 4.78 is 32.2. The molecule has 0 spiro atoms. The third-order valence-electron chi connectivity index (χ3n) is 4.98. The second-order valence-electron chi connectivity index (χ2n) is 6.94. The van der Waals surface area contributed by atoms with Gasteiger partial charge in [0, 0.05) is 37.2 Å². The first-order valence-corrected chi connectivity index (χ1v) is 11.0. The largest absolute Gasteiger partial charge is 0.376 e. The highest BCUT2D eigenvalue weighted by atomic mass is 35.5. The molecule has 0 saturated carbocycles. The van der Waals surface area contributed by atoms with Crippen molar-refractivity contribution in [3.8, 4) is 0 Å². The van der Waals surface area contributed by atoms with Crippen LogP contribution >= 0.6 is 11.6 Å². The quantitative estimate of drug-likeness (QED) is 0.794. The topological polar surface area (TPSA) is 75.7 Å². The number of hydrogen-bond acceptors (Lipinski definition) is 4. The Morgan fingerprint density at radius 1 is 1.27 bits per heavy atom. The van der Waals surface area contributed by atoms with E-state index in [2.05, 4.69) is 5.32 Å². The van der Waals surface area contributed by atoms with Crippen LogP contribution in [0.4, 0.5) is 0 Å². The number of benzene rings is 1. The molecule has 1 N–H and O–H groups in total. The molecule has 0 aromatic heterocycles. The predicted molar refractivity (Wildman–Crippen MR) is 100 cm³/mol. The molecule has 6 nitrogen and oxygen atoms in total. The number of carbonyl (C=O) groups is 1. The number of hydrogen-bond donors (Lipinski definition) is 1. The standard InChI is InChI=1S/C18H25ClN2O4S/c19-16-4-1-3-14(11-16)13-26(23,24)21-8-6-15(7-9-21)18(22)20-12-17-5-2-10-25-17/h1,3-4,11,15,17H,2,5-10,12-13H2,(H,20,22). The number of amides is 1. The first-order chi connectivity index (χ1) is 12.4. The van der Waals surface area contributed by atoms with Crippen molar-refractivity contribution >= 4 is 27.5 Å². The van der Waals surface area contributed by atoms with Gasteiger partial charge in [0.05, 0.1) is 11.9 Å². The van der Waals surface area contributed by atoms with Gasteiger partial charge in [-0.1, -0.05) is 23.7 Å². The molecule has 1 aromatic rings. The van der Waals surface area contributed by atoms with E-state index in [0.717, 1.165) is 19.4 Å². The number of rotatable bonds is 6.